The van der Waals surface area contributed by atoms with Crippen LogP contribution in [0.2, 0.25) is 0 Å². The molecule has 1 aromatic rings. The summed E-state index contributed by atoms with van der Waals surface area (Å²) in [6, 6.07) is 8.28. The van der Waals surface area contributed by atoms with E-state index in [2.05, 4.69) is 16.3 Å². The van der Waals surface area contributed by atoms with Crippen molar-refractivity contribution in [3.05, 3.63) is 35.9 Å². The van der Waals surface area contributed by atoms with Gasteiger partial charge in [-0.2, -0.15) is 0 Å². The number of amides is 1. The quantitative estimate of drug-likeness (QED) is 0.866. The number of rotatable bonds is 4. The minimum Gasteiger partial charge on any atom is -0.497 e. The maximum Gasteiger partial charge on any atom is 0.244 e. The molecule has 1 aliphatic rings. The number of benzene rings is 1. The molecule has 1 N–H and O–H groups in total. The third-order valence-corrected chi connectivity index (χ3v) is 3.61. The standard InChI is InChI=1S/C17H24N2O2/c1-13(2)10-17(20)18-14-6-5-9-19(12-14)15-7-4-8-16(11-15)21-3/h4,7-8,10-11,14H,5-6,9,12H2,1-3H3,(H,18,20). The summed E-state index contributed by atoms with van der Waals surface area (Å²) in [6.07, 6.45) is 3.77. The summed E-state index contributed by atoms with van der Waals surface area (Å²) in [6.45, 7) is 5.73. The number of ether oxygens (including phenoxy) is 1. The van der Waals surface area contributed by atoms with Crippen LogP contribution in [0.1, 0.15) is 26.7 Å². The van der Waals surface area contributed by atoms with E-state index in [1.807, 2.05) is 32.0 Å². The van der Waals surface area contributed by atoms with Crippen molar-refractivity contribution in [2.24, 2.45) is 0 Å². The predicted molar refractivity (Wildman–Crippen MR) is 85.8 cm³/mol. The van der Waals surface area contributed by atoms with Gasteiger partial charge in [0.1, 0.15) is 5.75 Å². The molecule has 0 aliphatic carbocycles. The summed E-state index contributed by atoms with van der Waals surface area (Å²) in [5.74, 6) is 0.871. The first kappa shape index (κ1) is 15.4. The Morgan fingerprint density at radius 1 is 1.43 bits per heavy atom. The number of allylic oxidation sites excluding steroid dienone is 1. The topological polar surface area (TPSA) is 41.6 Å². The van der Waals surface area contributed by atoms with Gasteiger partial charge in [-0.25, -0.2) is 0 Å². The van der Waals surface area contributed by atoms with Gasteiger partial charge in [0.2, 0.25) is 5.91 Å². The van der Waals surface area contributed by atoms with Crippen LogP contribution in [-0.4, -0.2) is 32.1 Å². The number of hydrogen-bond acceptors (Lipinski definition) is 3. The molecule has 4 nitrogen and oxygen atoms in total. The summed E-state index contributed by atoms with van der Waals surface area (Å²) in [4.78, 5) is 14.1. The molecule has 1 fully saturated rings. The Hall–Kier alpha value is -1.97. The fourth-order valence-electron chi connectivity index (χ4n) is 2.64. The van der Waals surface area contributed by atoms with E-state index in [1.54, 1.807) is 13.2 Å². The van der Waals surface area contributed by atoms with E-state index in [9.17, 15) is 4.79 Å². The summed E-state index contributed by atoms with van der Waals surface area (Å²) in [5.41, 5.74) is 2.17. The first-order valence-corrected chi connectivity index (χ1v) is 7.43. The van der Waals surface area contributed by atoms with Crippen molar-refractivity contribution >= 4 is 11.6 Å². The molecule has 1 atom stereocenters. The van der Waals surface area contributed by atoms with Gasteiger partial charge in [0.25, 0.3) is 0 Å². The monoisotopic (exact) mass is 288 g/mol. The molecule has 0 spiro atoms. The molecule has 2 rings (SSSR count). The number of carbonyl (C=O) groups excluding carboxylic acids is 1. The Balaban J connectivity index is 2.00. The average molecular weight is 288 g/mol. The Kier molecular flexibility index (Phi) is 5.26. The van der Waals surface area contributed by atoms with Gasteiger partial charge < -0.3 is 15.0 Å². The lowest BCUT2D eigenvalue weighted by molar-refractivity contribution is -0.117. The molecule has 21 heavy (non-hydrogen) atoms. The van der Waals surface area contributed by atoms with Gasteiger partial charge in [0.05, 0.1) is 7.11 Å². The van der Waals surface area contributed by atoms with Crippen LogP contribution in [-0.2, 0) is 4.79 Å². The number of methoxy groups -OCH3 is 1. The van der Waals surface area contributed by atoms with Gasteiger partial charge in [0, 0.05) is 37.0 Å². The van der Waals surface area contributed by atoms with E-state index in [1.165, 1.54) is 0 Å². The Morgan fingerprint density at radius 3 is 2.95 bits per heavy atom. The highest BCUT2D eigenvalue weighted by Gasteiger charge is 2.21. The van der Waals surface area contributed by atoms with Crippen LogP contribution in [0, 0.1) is 0 Å². The fraction of sp³-hybridized carbons (Fsp3) is 0.471. The van der Waals surface area contributed by atoms with Crippen LogP contribution in [0.5, 0.6) is 5.75 Å². The van der Waals surface area contributed by atoms with Crippen molar-refractivity contribution in [1.29, 1.82) is 0 Å². The normalized spacial score (nSPS) is 18.0. The Bertz CT molecular complexity index is 521. The molecule has 114 valence electrons. The molecule has 0 bridgehead atoms. The zero-order valence-electron chi connectivity index (χ0n) is 13.1. The third kappa shape index (κ3) is 4.52. The number of anilines is 1. The highest BCUT2D eigenvalue weighted by Crippen LogP contribution is 2.24. The van der Waals surface area contributed by atoms with E-state index in [-0.39, 0.29) is 11.9 Å². The van der Waals surface area contributed by atoms with Gasteiger partial charge in [0.15, 0.2) is 0 Å². The smallest absolute Gasteiger partial charge is 0.244 e. The Labute approximate surface area is 126 Å². The molecule has 1 unspecified atom stereocenters. The molecule has 0 radical (unpaired) electrons. The zero-order chi connectivity index (χ0) is 15.2. The number of carbonyl (C=O) groups is 1. The van der Waals surface area contributed by atoms with E-state index >= 15 is 0 Å². The van der Waals surface area contributed by atoms with E-state index < -0.39 is 0 Å². The molecule has 1 heterocycles. The molecule has 4 heteroatoms. The molecular formula is C17H24N2O2. The molecule has 1 aromatic carbocycles. The van der Waals surface area contributed by atoms with Crippen molar-refractivity contribution in [3.63, 3.8) is 0 Å². The van der Waals surface area contributed by atoms with Crippen molar-refractivity contribution < 1.29 is 9.53 Å². The lowest BCUT2D eigenvalue weighted by Crippen LogP contribution is -2.47. The maximum atomic E-state index is 11.8. The third-order valence-electron chi connectivity index (χ3n) is 3.61. The van der Waals surface area contributed by atoms with E-state index in [4.69, 9.17) is 4.74 Å². The first-order chi connectivity index (χ1) is 10.1. The maximum absolute atomic E-state index is 11.8. The molecule has 0 saturated carbocycles. The SMILES string of the molecule is COc1cccc(N2CCCC(NC(=O)C=C(C)C)C2)c1. The van der Waals surface area contributed by atoms with Crippen LogP contribution in [0.4, 0.5) is 5.69 Å². The van der Waals surface area contributed by atoms with Gasteiger partial charge >= 0.3 is 0 Å². The second-order valence-electron chi connectivity index (χ2n) is 5.72. The molecule has 0 aromatic heterocycles. The second-order valence-corrected chi connectivity index (χ2v) is 5.72. The van der Waals surface area contributed by atoms with Crippen LogP contribution in [0.3, 0.4) is 0 Å². The van der Waals surface area contributed by atoms with Crippen molar-refractivity contribution in [2.75, 3.05) is 25.1 Å². The molecule has 1 saturated heterocycles. The summed E-state index contributed by atoms with van der Waals surface area (Å²) >= 11 is 0. The minimum absolute atomic E-state index is 0.00694. The van der Waals surface area contributed by atoms with Crippen LogP contribution in [0.15, 0.2) is 35.9 Å². The van der Waals surface area contributed by atoms with Crippen LogP contribution < -0.4 is 15.0 Å². The van der Waals surface area contributed by atoms with Gasteiger partial charge in [-0.1, -0.05) is 11.6 Å². The lowest BCUT2D eigenvalue weighted by atomic mass is 10.0. The minimum atomic E-state index is 0.00694. The lowest BCUT2D eigenvalue weighted by Gasteiger charge is -2.34. The van der Waals surface area contributed by atoms with E-state index in [0.717, 1.165) is 42.9 Å². The van der Waals surface area contributed by atoms with Crippen molar-refractivity contribution in [2.45, 2.75) is 32.7 Å². The summed E-state index contributed by atoms with van der Waals surface area (Å²) in [7, 11) is 1.68. The number of piperidine rings is 1. The predicted octanol–water partition coefficient (Wildman–Crippen LogP) is 2.75. The highest BCUT2D eigenvalue weighted by molar-refractivity contribution is 5.88. The fourth-order valence-corrected chi connectivity index (χ4v) is 2.64. The van der Waals surface area contributed by atoms with Crippen LogP contribution >= 0.6 is 0 Å². The number of nitrogens with one attached hydrogen (secondary N) is 1. The number of hydrogen-bond donors (Lipinski definition) is 1. The first-order valence-electron chi connectivity index (χ1n) is 7.43. The highest BCUT2D eigenvalue weighted by atomic mass is 16.5. The molecular weight excluding hydrogens is 264 g/mol. The largest absolute Gasteiger partial charge is 0.497 e. The van der Waals surface area contributed by atoms with Gasteiger partial charge in [-0.3, -0.25) is 4.79 Å². The average Bonchev–Trinajstić information content (AvgIpc) is 2.46. The molecule has 1 amide bonds. The van der Waals surface area contributed by atoms with Crippen molar-refractivity contribution in [3.8, 4) is 5.75 Å². The number of nitrogens with zero attached hydrogens (tertiary/aromatic N) is 1. The van der Waals surface area contributed by atoms with Crippen LogP contribution in [0.25, 0.3) is 0 Å². The van der Waals surface area contributed by atoms with Gasteiger partial charge in [-0.05, 0) is 38.8 Å². The Morgan fingerprint density at radius 2 is 2.24 bits per heavy atom. The molecule has 1 aliphatic heterocycles. The zero-order valence-corrected chi connectivity index (χ0v) is 13.1. The summed E-state index contributed by atoms with van der Waals surface area (Å²) < 4.78 is 5.28. The summed E-state index contributed by atoms with van der Waals surface area (Å²) in [5, 5.41) is 3.09. The van der Waals surface area contributed by atoms with Gasteiger partial charge in [-0.15, -0.1) is 0 Å². The van der Waals surface area contributed by atoms with Crippen molar-refractivity contribution in [1.82, 2.24) is 5.32 Å². The van der Waals surface area contributed by atoms with E-state index in [0.29, 0.717) is 0 Å². The second kappa shape index (κ2) is 7.16.